The molecule has 0 atom stereocenters. The van der Waals surface area contributed by atoms with Crippen LogP contribution in [0.4, 0.5) is 0 Å². The zero-order valence-corrected chi connectivity index (χ0v) is 9.15. The first kappa shape index (κ1) is 9.77. The van der Waals surface area contributed by atoms with E-state index in [4.69, 9.17) is 0 Å². The van der Waals surface area contributed by atoms with E-state index in [-0.39, 0.29) is 0 Å². The van der Waals surface area contributed by atoms with Gasteiger partial charge in [0.1, 0.15) is 0 Å². The molecular formula is C12H13N3. The highest BCUT2D eigenvalue weighted by Crippen LogP contribution is 2.26. The summed E-state index contributed by atoms with van der Waals surface area (Å²) < 4.78 is 0. The molecule has 0 aliphatic rings. The molecule has 76 valence electrons. The highest BCUT2D eigenvalue weighted by molar-refractivity contribution is 5.70. The third kappa shape index (κ3) is 1.73. The monoisotopic (exact) mass is 199 g/mol. The van der Waals surface area contributed by atoms with Gasteiger partial charge in [-0.2, -0.15) is 0 Å². The predicted molar refractivity (Wildman–Crippen MR) is 59.5 cm³/mol. The fraction of sp³-hybridized carbons (Fsp3) is 0.250. The molecule has 3 heteroatoms. The molecule has 0 amide bonds. The zero-order chi connectivity index (χ0) is 10.8. The quantitative estimate of drug-likeness (QED) is 0.708. The topological polar surface area (TPSA) is 38.7 Å². The smallest absolute Gasteiger partial charge is 0.0715 e. The second-order valence-electron chi connectivity index (χ2n) is 3.65. The zero-order valence-electron chi connectivity index (χ0n) is 9.15. The van der Waals surface area contributed by atoms with Crippen molar-refractivity contribution in [1.29, 1.82) is 0 Å². The second kappa shape index (κ2) is 3.77. The number of rotatable bonds is 1. The van der Waals surface area contributed by atoms with E-state index in [1.54, 1.807) is 0 Å². The Balaban J connectivity index is 2.69. The van der Waals surface area contributed by atoms with Gasteiger partial charge in [0.2, 0.25) is 0 Å². The van der Waals surface area contributed by atoms with Crippen LogP contribution in [-0.2, 0) is 0 Å². The van der Waals surface area contributed by atoms with Crippen LogP contribution in [0.15, 0.2) is 24.3 Å². The van der Waals surface area contributed by atoms with Crippen LogP contribution in [0.1, 0.15) is 17.0 Å². The summed E-state index contributed by atoms with van der Waals surface area (Å²) in [5, 5.41) is 11.7. The van der Waals surface area contributed by atoms with Crippen molar-refractivity contribution in [3.63, 3.8) is 0 Å². The van der Waals surface area contributed by atoms with Crippen LogP contribution < -0.4 is 0 Å². The molecule has 0 aliphatic heterocycles. The van der Waals surface area contributed by atoms with Crippen molar-refractivity contribution in [2.75, 3.05) is 0 Å². The molecule has 0 fully saturated rings. The summed E-state index contributed by atoms with van der Waals surface area (Å²) >= 11 is 0. The van der Waals surface area contributed by atoms with Crippen molar-refractivity contribution >= 4 is 0 Å². The molecule has 1 aromatic carbocycles. The van der Waals surface area contributed by atoms with Gasteiger partial charge in [-0.15, -0.1) is 10.2 Å². The summed E-state index contributed by atoms with van der Waals surface area (Å²) in [6.07, 6.45) is 0. The van der Waals surface area contributed by atoms with Crippen molar-refractivity contribution < 1.29 is 0 Å². The Morgan fingerprint density at radius 3 is 2.07 bits per heavy atom. The van der Waals surface area contributed by atoms with Gasteiger partial charge in [0.15, 0.2) is 0 Å². The molecule has 0 N–H and O–H groups in total. The molecule has 0 saturated heterocycles. The van der Waals surface area contributed by atoms with Gasteiger partial charge >= 0.3 is 0 Å². The van der Waals surface area contributed by atoms with Crippen LogP contribution >= 0.6 is 0 Å². The van der Waals surface area contributed by atoms with E-state index in [0.717, 1.165) is 17.0 Å². The molecule has 0 bridgehead atoms. The van der Waals surface area contributed by atoms with Crippen LogP contribution in [0.5, 0.6) is 0 Å². The maximum absolute atomic E-state index is 4.00. The average Bonchev–Trinajstić information content (AvgIpc) is 2.20. The largest absolute Gasteiger partial charge is 0.135 e. The molecule has 2 aromatic rings. The van der Waals surface area contributed by atoms with E-state index in [1.165, 1.54) is 11.1 Å². The number of aryl methyl sites for hydroxylation is 3. The molecule has 15 heavy (non-hydrogen) atoms. The van der Waals surface area contributed by atoms with Gasteiger partial charge in [0, 0.05) is 5.56 Å². The van der Waals surface area contributed by atoms with Crippen molar-refractivity contribution in [2.45, 2.75) is 20.8 Å². The minimum absolute atomic E-state index is 0.928. The highest BCUT2D eigenvalue weighted by Gasteiger charge is 2.09. The van der Waals surface area contributed by atoms with Crippen molar-refractivity contribution in [1.82, 2.24) is 15.4 Å². The Bertz CT molecular complexity index is 472. The maximum atomic E-state index is 4.00. The van der Waals surface area contributed by atoms with E-state index < -0.39 is 0 Å². The summed E-state index contributed by atoms with van der Waals surface area (Å²) in [6, 6.07) is 8.25. The Hall–Kier alpha value is -1.77. The van der Waals surface area contributed by atoms with Gasteiger partial charge in [-0.3, -0.25) is 0 Å². The molecule has 1 heterocycles. The summed E-state index contributed by atoms with van der Waals surface area (Å²) in [4.78, 5) is 0. The van der Waals surface area contributed by atoms with Crippen molar-refractivity contribution in [3.05, 3.63) is 41.2 Å². The summed E-state index contributed by atoms with van der Waals surface area (Å²) in [5.74, 6) is 0. The van der Waals surface area contributed by atoms with Gasteiger partial charge < -0.3 is 0 Å². The minimum Gasteiger partial charge on any atom is -0.135 e. The summed E-state index contributed by atoms with van der Waals surface area (Å²) in [5.41, 5.74) is 5.38. The van der Waals surface area contributed by atoms with Crippen molar-refractivity contribution in [2.24, 2.45) is 0 Å². The molecule has 2 rings (SSSR count). The lowest BCUT2D eigenvalue weighted by molar-refractivity contribution is 0.819. The van der Waals surface area contributed by atoms with Crippen LogP contribution in [0.3, 0.4) is 0 Å². The molecule has 1 aromatic heterocycles. The summed E-state index contributed by atoms with van der Waals surface area (Å²) in [6.45, 7) is 6.02. The third-order valence-corrected chi connectivity index (χ3v) is 2.53. The second-order valence-corrected chi connectivity index (χ2v) is 3.65. The van der Waals surface area contributed by atoms with Gasteiger partial charge in [-0.25, -0.2) is 0 Å². The average molecular weight is 199 g/mol. The first-order chi connectivity index (χ1) is 7.20. The van der Waals surface area contributed by atoms with E-state index in [2.05, 4.69) is 34.5 Å². The maximum Gasteiger partial charge on any atom is 0.0715 e. The lowest BCUT2D eigenvalue weighted by Crippen LogP contribution is -1.99. The third-order valence-electron chi connectivity index (χ3n) is 2.53. The normalized spacial score (nSPS) is 10.3. The fourth-order valence-corrected chi connectivity index (χ4v) is 1.76. The van der Waals surface area contributed by atoms with Crippen LogP contribution in [0.25, 0.3) is 11.1 Å². The molecule has 3 nitrogen and oxygen atoms in total. The Morgan fingerprint density at radius 2 is 1.47 bits per heavy atom. The number of benzene rings is 1. The molecular weight excluding hydrogens is 186 g/mol. The summed E-state index contributed by atoms with van der Waals surface area (Å²) in [7, 11) is 0. The van der Waals surface area contributed by atoms with Gasteiger partial charge in [-0.1, -0.05) is 24.3 Å². The van der Waals surface area contributed by atoms with Crippen LogP contribution in [0, 0.1) is 20.8 Å². The van der Waals surface area contributed by atoms with Crippen molar-refractivity contribution in [3.8, 4) is 11.1 Å². The molecule has 0 unspecified atom stereocenters. The SMILES string of the molecule is Cc1ccccc1-c1c(C)nnnc1C. The fourth-order valence-electron chi connectivity index (χ4n) is 1.76. The van der Waals surface area contributed by atoms with E-state index >= 15 is 0 Å². The van der Waals surface area contributed by atoms with E-state index in [1.807, 2.05) is 26.0 Å². The van der Waals surface area contributed by atoms with Gasteiger partial charge in [0.05, 0.1) is 11.4 Å². The predicted octanol–water partition coefficient (Wildman–Crippen LogP) is 2.46. The standard InChI is InChI=1S/C12H13N3/c1-8-6-4-5-7-11(8)12-9(2)13-15-14-10(12)3/h4-7H,1-3H3. The lowest BCUT2D eigenvalue weighted by atomic mass is 9.99. The number of hydrogen-bond acceptors (Lipinski definition) is 3. The van der Waals surface area contributed by atoms with E-state index in [9.17, 15) is 0 Å². The van der Waals surface area contributed by atoms with Gasteiger partial charge in [-0.05, 0) is 37.1 Å². The molecule has 0 radical (unpaired) electrons. The Kier molecular flexibility index (Phi) is 2.46. The number of hydrogen-bond donors (Lipinski definition) is 0. The number of aromatic nitrogens is 3. The first-order valence-corrected chi connectivity index (χ1v) is 4.92. The van der Waals surface area contributed by atoms with Crippen LogP contribution in [0.2, 0.25) is 0 Å². The van der Waals surface area contributed by atoms with E-state index in [0.29, 0.717) is 0 Å². The molecule has 0 spiro atoms. The Morgan fingerprint density at radius 1 is 0.867 bits per heavy atom. The highest BCUT2D eigenvalue weighted by atomic mass is 15.3. The number of nitrogens with zero attached hydrogens (tertiary/aromatic N) is 3. The Labute approximate surface area is 89.2 Å². The lowest BCUT2D eigenvalue weighted by Gasteiger charge is -2.09. The first-order valence-electron chi connectivity index (χ1n) is 4.92. The molecule has 0 saturated carbocycles. The van der Waals surface area contributed by atoms with Gasteiger partial charge in [0.25, 0.3) is 0 Å². The molecule has 0 aliphatic carbocycles. The van der Waals surface area contributed by atoms with Crippen LogP contribution in [-0.4, -0.2) is 15.4 Å². The minimum atomic E-state index is 0.928.